The van der Waals surface area contributed by atoms with Crippen LogP contribution in [0.4, 0.5) is 0 Å². The first-order valence-electron chi connectivity index (χ1n) is 9.08. The summed E-state index contributed by atoms with van der Waals surface area (Å²) in [6.45, 7) is 12.7. The highest BCUT2D eigenvalue weighted by atomic mass is 16.5. The number of nitrogens with one attached hydrogen (secondary N) is 3. The molecule has 0 heterocycles. The molecule has 3 N–H and O–H groups in total. The molecular weight excluding hydrogens is 322 g/mol. The Morgan fingerprint density at radius 2 is 1.88 bits per heavy atom. The molecule has 0 aliphatic carbocycles. The van der Waals surface area contributed by atoms with Crippen molar-refractivity contribution in [3.8, 4) is 0 Å². The number of aldehydes is 1. The number of rotatable bonds is 15. The van der Waals surface area contributed by atoms with E-state index >= 15 is 0 Å². The first-order chi connectivity index (χ1) is 11.7. The molecule has 0 rings (SSSR count). The van der Waals surface area contributed by atoms with Crippen LogP contribution < -0.4 is 16.0 Å². The van der Waals surface area contributed by atoms with Gasteiger partial charge in [0.2, 0.25) is 5.91 Å². The summed E-state index contributed by atoms with van der Waals surface area (Å²) in [5, 5.41) is 8.87. The molecular formula is C18H37N3O4. The zero-order valence-electron chi connectivity index (χ0n) is 16.7. The third-order valence-electron chi connectivity index (χ3n) is 3.89. The Balaban J connectivity index is 4.12. The van der Waals surface area contributed by atoms with Gasteiger partial charge in [0.25, 0.3) is 0 Å². The van der Waals surface area contributed by atoms with Crippen LogP contribution in [0.5, 0.6) is 0 Å². The molecule has 0 aromatic heterocycles. The van der Waals surface area contributed by atoms with E-state index in [2.05, 4.69) is 29.8 Å². The smallest absolute Gasteiger partial charge is 0.237 e. The van der Waals surface area contributed by atoms with Crippen molar-refractivity contribution in [2.24, 2.45) is 5.92 Å². The van der Waals surface area contributed by atoms with E-state index in [1.54, 1.807) is 0 Å². The summed E-state index contributed by atoms with van der Waals surface area (Å²) in [5.74, 6) is -0.0354. The monoisotopic (exact) mass is 359 g/mol. The van der Waals surface area contributed by atoms with Crippen molar-refractivity contribution in [3.05, 3.63) is 0 Å². The first kappa shape index (κ1) is 24.0. The lowest BCUT2D eigenvalue weighted by Crippen LogP contribution is -2.49. The predicted octanol–water partition coefficient (Wildman–Crippen LogP) is 0.726. The second-order valence-electron chi connectivity index (χ2n) is 7.18. The van der Waals surface area contributed by atoms with Gasteiger partial charge in [-0.1, -0.05) is 13.8 Å². The quantitative estimate of drug-likeness (QED) is 0.295. The minimum Gasteiger partial charge on any atom is -0.377 e. The SMILES string of the molecule is CNCCOC(C)(C)CCOC(C)CNC(C(=O)NCC=O)C(C)C. The summed E-state index contributed by atoms with van der Waals surface area (Å²) in [5.41, 5.74) is -0.223. The third-order valence-corrected chi connectivity index (χ3v) is 3.89. The molecule has 0 saturated heterocycles. The van der Waals surface area contributed by atoms with Crippen LogP contribution in [-0.2, 0) is 19.1 Å². The molecule has 7 heteroatoms. The molecule has 2 unspecified atom stereocenters. The van der Waals surface area contributed by atoms with Crippen LogP contribution in [0.1, 0.15) is 41.0 Å². The van der Waals surface area contributed by atoms with E-state index in [1.807, 2.05) is 27.8 Å². The average molecular weight is 360 g/mol. The minimum atomic E-state index is -0.340. The van der Waals surface area contributed by atoms with E-state index in [0.29, 0.717) is 26.0 Å². The van der Waals surface area contributed by atoms with Gasteiger partial charge >= 0.3 is 0 Å². The van der Waals surface area contributed by atoms with Gasteiger partial charge in [-0.25, -0.2) is 0 Å². The number of hydrogen-bond donors (Lipinski definition) is 3. The summed E-state index contributed by atoms with van der Waals surface area (Å²) < 4.78 is 11.6. The van der Waals surface area contributed by atoms with Crippen molar-refractivity contribution in [2.75, 3.05) is 39.9 Å². The van der Waals surface area contributed by atoms with Crippen LogP contribution in [-0.4, -0.2) is 69.8 Å². The maximum Gasteiger partial charge on any atom is 0.237 e. The fourth-order valence-corrected chi connectivity index (χ4v) is 2.24. The summed E-state index contributed by atoms with van der Waals surface area (Å²) >= 11 is 0. The van der Waals surface area contributed by atoms with E-state index in [0.717, 1.165) is 13.0 Å². The van der Waals surface area contributed by atoms with Gasteiger partial charge in [-0.15, -0.1) is 0 Å². The van der Waals surface area contributed by atoms with Gasteiger partial charge in [-0.05, 0) is 40.2 Å². The van der Waals surface area contributed by atoms with Gasteiger partial charge in [-0.3, -0.25) is 4.79 Å². The van der Waals surface area contributed by atoms with Crippen LogP contribution in [0, 0.1) is 5.92 Å². The van der Waals surface area contributed by atoms with Gasteiger partial charge in [0.15, 0.2) is 0 Å². The van der Waals surface area contributed by atoms with Crippen LogP contribution in [0.25, 0.3) is 0 Å². The van der Waals surface area contributed by atoms with Gasteiger partial charge in [-0.2, -0.15) is 0 Å². The molecule has 2 atom stereocenters. The normalized spacial score (nSPS) is 14.4. The zero-order valence-corrected chi connectivity index (χ0v) is 16.7. The Hall–Kier alpha value is -1.02. The summed E-state index contributed by atoms with van der Waals surface area (Å²) in [6, 6.07) is -0.340. The molecule has 0 aromatic carbocycles. The lowest BCUT2D eigenvalue weighted by molar-refractivity contribution is -0.125. The Morgan fingerprint density at radius 3 is 2.44 bits per heavy atom. The van der Waals surface area contributed by atoms with Crippen LogP contribution in [0.3, 0.4) is 0 Å². The number of carbonyl (C=O) groups is 2. The molecule has 0 spiro atoms. The highest BCUT2D eigenvalue weighted by Gasteiger charge is 2.22. The molecule has 25 heavy (non-hydrogen) atoms. The van der Waals surface area contributed by atoms with Crippen LogP contribution in [0.15, 0.2) is 0 Å². The average Bonchev–Trinajstić information content (AvgIpc) is 2.52. The topological polar surface area (TPSA) is 88.7 Å². The highest BCUT2D eigenvalue weighted by Crippen LogP contribution is 2.14. The second-order valence-corrected chi connectivity index (χ2v) is 7.18. The van der Waals surface area contributed by atoms with E-state index in [4.69, 9.17) is 9.47 Å². The summed E-state index contributed by atoms with van der Waals surface area (Å²) in [4.78, 5) is 22.4. The Kier molecular flexibility index (Phi) is 12.7. The van der Waals surface area contributed by atoms with Crippen molar-refractivity contribution in [1.82, 2.24) is 16.0 Å². The molecule has 0 aromatic rings. The lowest BCUT2D eigenvalue weighted by Gasteiger charge is -2.27. The van der Waals surface area contributed by atoms with Gasteiger partial charge < -0.3 is 30.2 Å². The highest BCUT2D eigenvalue weighted by molar-refractivity contribution is 5.83. The third kappa shape index (κ3) is 12.0. The molecule has 148 valence electrons. The minimum absolute atomic E-state index is 0.0202. The van der Waals surface area contributed by atoms with E-state index < -0.39 is 0 Å². The lowest BCUT2D eigenvalue weighted by atomic mass is 10.0. The van der Waals surface area contributed by atoms with Gasteiger partial charge in [0, 0.05) is 19.7 Å². The number of hydrogen-bond acceptors (Lipinski definition) is 6. The molecule has 0 saturated carbocycles. The maximum atomic E-state index is 12.0. The van der Waals surface area contributed by atoms with Crippen molar-refractivity contribution in [2.45, 2.75) is 58.8 Å². The largest absolute Gasteiger partial charge is 0.377 e. The predicted molar refractivity (Wildman–Crippen MR) is 99.7 cm³/mol. The number of amides is 1. The molecule has 7 nitrogen and oxygen atoms in total. The molecule has 0 bridgehead atoms. The standard InChI is InChI=1S/C18H37N3O4/c1-14(2)16(17(23)20-8-10-22)21-13-15(3)24-11-7-18(4,5)25-12-9-19-6/h10,14-16,19,21H,7-9,11-13H2,1-6H3,(H,20,23). The van der Waals surface area contributed by atoms with Gasteiger partial charge in [0.05, 0.1) is 30.9 Å². The number of carbonyl (C=O) groups excluding carboxylic acids is 2. The number of ether oxygens (including phenoxy) is 2. The van der Waals surface area contributed by atoms with Crippen LogP contribution >= 0.6 is 0 Å². The molecule has 0 aliphatic rings. The number of likely N-dealkylation sites (N-methyl/N-ethyl adjacent to an activating group) is 1. The Bertz CT molecular complexity index is 375. The summed E-state index contributed by atoms with van der Waals surface area (Å²) in [7, 11) is 1.90. The first-order valence-corrected chi connectivity index (χ1v) is 9.08. The van der Waals surface area contributed by atoms with E-state index in [-0.39, 0.29) is 36.1 Å². The maximum absolute atomic E-state index is 12.0. The van der Waals surface area contributed by atoms with Crippen molar-refractivity contribution < 1.29 is 19.1 Å². The fraction of sp³-hybridized carbons (Fsp3) is 0.889. The van der Waals surface area contributed by atoms with E-state index in [1.165, 1.54) is 0 Å². The molecule has 0 radical (unpaired) electrons. The molecule has 0 fully saturated rings. The second kappa shape index (κ2) is 13.2. The fourth-order valence-electron chi connectivity index (χ4n) is 2.24. The van der Waals surface area contributed by atoms with E-state index in [9.17, 15) is 9.59 Å². The molecule has 1 amide bonds. The Morgan fingerprint density at radius 1 is 1.20 bits per heavy atom. The van der Waals surface area contributed by atoms with Crippen molar-refractivity contribution in [3.63, 3.8) is 0 Å². The van der Waals surface area contributed by atoms with Crippen molar-refractivity contribution in [1.29, 1.82) is 0 Å². The molecule has 0 aliphatic heterocycles. The zero-order chi connectivity index (χ0) is 19.3. The van der Waals surface area contributed by atoms with Crippen LogP contribution in [0.2, 0.25) is 0 Å². The van der Waals surface area contributed by atoms with Crippen molar-refractivity contribution >= 4 is 12.2 Å². The Labute approximate surface area is 152 Å². The summed E-state index contributed by atoms with van der Waals surface area (Å²) in [6.07, 6.45) is 1.46. The van der Waals surface area contributed by atoms with Gasteiger partial charge in [0.1, 0.15) is 6.29 Å².